The highest BCUT2D eigenvalue weighted by atomic mass is 16.5. The molecule has 0 radical (unpaired) electrons. The second-order valence-electron chi connectivity index (χ2n) is 4.04. The molecule has 0 rings (SSSR count). The van der Waals surface area contributed by atoms with E-state index in [1.807, 2.05) is 6.07 Å². The minimum absolute atomic E-state index is 0.0565. The van der Waals surface area contributed by atoms with E-state index in [0.717, 1.165) is 32.7 Å². The molecule has 1 N–H and O–H groups in total. The topological polar surface area (TPSA) is 75.0 Å². The van der Waals surface area contributed by atoms with Gasteiger partial charge in [0.15, 0.2) is 0 Å². The molecule has 0 aliphatic carbocycles. The summed E-state index contributed by atoms with van der Waals surface area (Å²) >= 11 is 0. The Labute approximate surface area is 115 Å². The van der Waals surface area contributed by atoms with Crippen molar-refractivity contribution in [2.24, 2.45) is 0 Å². The van der Waals surface area contributed by atoms with Gasteiger partial charge in [-0.2, -0.15) is 5.26 Å². The Hall–Kier alpha value is -0.710. The molecule has 0 aromatic heterocycles. The van der Waals surface area contributed by atoms with E-state index in [2.05, 4.69) is 4.90 Å². The molecule has 112 valence electrons. The lowest BCUT2D eigenvalue weighted by atomic mass is 10.4. The molecule has 0 atom stereocenters. The number of nitrogens with zero attached hydrogens (tertiary/aromatic N) is 2. The van der Waals surface area contributed by atoms with Crippen molar-refractivity contribution in [2.45, 2.75) is 12.8 Å². The molecule has 6 nitrogen and oxygen atoms in total. The number of aliphatic hydroxyl groups excluding tert-OH is 1. The maximum absolute atomic E-state index is 8.63. The van der Waals surface area contributed by atoms with E-state index >= 15 is 0 Å². The summed E-state index contributed by atoms with van der Waals surface area (Å²) in [6.07, 6.45) is 1.40. The van der Waals surface area contributed by atoms with E-state index in [-0.39, 0.29) is 6.61 Å². The zero-order valence-electron chi connectivity index (χ0n) is 11.8. The molecule has 0 unspecified atom stereocenters. The highest BCUT2D eigenvalue weighted by Gasteiger charge is 2.04. The molecule has 0 aromatic rings. The van der Waals surface area contributed by atoms with Crippen molar-refractivity contribution in [3.8, 4) is 6.07 Å². The van der Waals surface area contributed by atoms with Crippen molar-refractivity contribution >= 4 is 0 Å². The molecular weight excluding hydrogens is 248 g/mol. The predicted octanol–water partition coefficient (Wildman–Crippen LogP) is 0.264. The van der Waals surface area contributed by atoms with Crippen LogP contribution in [0.5, 0.6) is 0 Å². The molecule has 0 saturated carbocycles. The number of hydrogen-bond donors (Lipinski definition) is 1. The lowest BCUT2D eigenvalue weighted by Crippen LogP contribution is -2.32. The number of ether oxygens (including phenoxy) is 3. The van der Waals surface area contributed by atoms with Gasteiger partial charge in [0, 0.05) is 33.4 Å². The average Bonchev–Trinajstić information content (AvgIpc) is 2.42. The smallest absolute Gasteiger partial charge is 0.0698 e. The van der Waals surface area contributed by atoms with Crippen LogP contribution in [-0.4, -0.2) is 76.4 Å². The van der Waals surface area contributed by atoms with Gasteiger partial charge >= 0.3 is 0 Å². The third-order valence-electron chi connectivity index (χ3n) is 2.52. The van der Waals surface area contributed by atoms with Crippen LogP contribution in [0.1, 0.15) is 12.8 Å². The van der Waals surface area contributed by atoms with Gasteiger partial charge in [-0.3, -0.25) is 4.90 Å². The van der Waals surface area contributed by atoms with Crippen LogP contribution >= 0.6 is 0 Å². The van der Waals surface area contributed by atoms with Crippen LogP contribution in [0.15, 0.2) is 0 Å². The standard InChI is InChI=1S/C13H26N2O4/c1-17-9-3-5-15(7-12-19-13-8-16)6-11-18-10-2-4-14/h16H,2-3,5-13H2,1H3. The van der Waals surface area contributed by atoms with Crippen molar-refractivity contribution in [1.29, 1.82) is 5.26 Å². The van der Waals surface area contributed by atoms with Gasteiger partial charge in [-0.15, -0.1) is 0 Å². The molecule has 6 heteroatoms. The molecule has 0 bridgehead atoms. The fourth-order valence-electron chi connectivity index (χ4n) is 1.54. The Balaban J connectivity index is 3.66. The minimum Gasteiger partial charge on any atom is -0.394 e. The Bertz CT molecular complexity index is 221. The maximum atomic E-state index is 8.63. The zero-order chi connectivity index (χ0) is 14.2. The first kappa shape index (κ1) is 18.3. The van der Waals surface area contributed by atoms with E-state index < -0.39 is 0 Å². The first-order valence-corrected chi connectivity index (χ1v) is 6.69. The molecule has 0 aliphatic heterocycles. The van der Waals surface area contributed by atoms with Gasteiger partial charge in [-0.05, 0) is 6.42 Å². The Morgan fingerprint density at radius 2 is 1.68 bits per heavy atom. The lowest BCUT2D eigenvalue weighted by molar-refractivity contribution is 0.0571. The molecule has 0 saturated heterocycles. The third-order valence-corrected chi connectivity index (χ3v) is 2.52. The summed E-state index contributed by atoms with van der Waals surface area (Å²) in [7, 11) is 1.69. The highest BCUT2D eigenvalue weighted by Crippen LogP contribution is 1.94. The van der Waals surface area contributed by atoms with Gasteiger partial charge in [-0.25, -0.2) is 0 Å². The van der Waals surface area contributed by atoms with Gasteiger partial charge in [0.05, 0.1) is 45.5 Å². The Morgan fingerprint density at radius 1 is 1.00 bits per heavy atom. The summed E-state index contributed by atoms with van der Waals surface area (Å²) in [6, 6.07) is 2.05. The summed E-state index contributed by atoms with van der Waals surface area (Å²) in [6.45, 7) is 5.44. The van der Waals surface area contributed by atoms with Crippen LogP contribution in [0.4, 0.5) is 0 Å². The van der Waals surface area contributed by atoms with Gasteiger partial charge in [0.2, 0.25) is 0 Å². The van der Waals surface area contributed by atoms with Crippen molar-refractivity contribution < 1.29 is 19.3 Å². The number of methoxy groups -OCH3 is 1. The zero-order valence-corrected chi connectivity index (χ0v) is 11.8. The first-order valence-electron chi connectivity index (χ1n) is 6.69. The fraction of sp³-hybridized carbons (Fsp3) is 0.923. The van der Waals surface area contributed by atoms with E-state index in [1.54, 1.807) is 7.11 Å². The van der Waals surface area contributed by atoms with Crippen LogP contribution in [0.3, 0.4) is 0 Å². The molecule has 19 heavy (non-hydrogen) atoms. The number of aliphatic hydroxyl groups is 1. The molecule has 0 amide bonds. The monoisotopic (exact) mass is 274 g/mol. The van der Waals surface area contributed by atoms with Gasteiger partial charge in [-0.1, -0.05) is 0 Å². The molecular formula is C13H26N2O4. The largest absolute Gasteiger partial charge is 0.394 e. The Kier molecular flexibility index (Phi) is 14.8. The summed E-state index contributed by atoms with van der Waals surface area (Å²) in [5, 5.41) is 17.0. The number of hydrogen-bond acceptors (Lipinski definition) is 6. The molecule has 0 aliphatic rings. The SMILES string of the molecule is COCCCN(CCOCCO)CCOCCC#N. The third kappa shape index (κ3) is 13.5. The summed E-state index contributed by atoms with van der Waals surface area (Å²) in [5.74, 6) is 0. The minimum atomic E-state index is 0.0565. The van der Waals surface area contributed by atoms with Crippen LogP contribution < -0.4 is 0 Å². The van der Waals surface area contributed by atoms with E-state index in [0.29, 0.717) is 32.8 Å². The first-order chi connectivity index (χ1) is 9.35. The highest BCUT2D eigenvalue weighted by molar-refractivity contribution is 4.67. The second-order valence-corrected chi connectivity index (χ2v) is 4.04. The average molecular weight is 274 g/mol. The van der Waals surface area contributed by atoms with Gasteiger partial charge in [0.25, 0.3) is 0 Å². The van der Waals surface area contributed by atoms with Crippen molar-refractivity contribution in [2.75, 3.05) is 66.4 Å². The Morgan fingerprint density at radius 3 is 2.26 bits per heavy atom. The molecule has 0 spiro atoms. The van der Waals surface area contributed by atoms with Crippen molar-refractivity contribution in [3.63, 3.8) is 0 Å². The molecule has 0 aromatic carbocycles. The summed E-state index contributed by atoms with van der Waals surface area (Å²) in [5.41, 5.74) is 0. The maximum Gasteiger partial charge on any atom is 0.0698 e. The number of rotatable bonds is 14. The fourth-order valence-corrected chi connectivity index (χ4v) is 1.54. The van der Waals surface area contributed by atoms with Crippen LogP contribution in [0.2, 0.25) is 0 Å². The molecule has 0 heterocycles. The van der Waals surface area contributed by atoms with E-state index in [1.165, 1.54) is 0 Å². The van der Waals surface area contributed by atoms with Gasteiger partial charge < -0.3 is 19.3 Å². The lowest BCUT2D eigenvalue weighted by Gasteiger charge is -2.21. The van der Waals surface area contributed by atoms with Crippen LogP contribution in [0, 0.1) is 11.3 Å². The summed E-state index contributed by atoms with van der Waals surface area (Å²) in [4.78, 5) is 2.24. The van der Waals surface area contributed by atoms with Crippen molar-refractivity contribution in [3.05, 3.63) is 0 Å². The van der Waals surface area contributed by atoms with Crippen LogP contribution in [0.25, 0.3) is 0 Å². The predicted molar refractivity (Wildman–Crippen MR) is 71.9 cm³/mol. The quantitative estimate of drug-likeness (QED) is 0.458. The van der Waals surface area contributed by atoms with Gasteiger partial charge in [0.1, 0.15) is 0 Å². The van der Waals surface area contributed by atoms with E-state index in [9.17, 15) is 0 Å². The number of nitriles is 1. The molecule has 0 fully saturated rings. The van der Waals surface area contributed by atoms with Crippen LogP contribution in [-0.2, 0) is 14.2 Å². The second kappa shape index (κ2) is 15.3. The van der Waals surface area contributed by atoms with E-state index in [4.69, 9.17) is 24.6 Å². The normalized spacial score (nSPS) is 10.8. The van der Waals surface area contributed by atoms with Crippen molar-refractivity contribution in [1.82, 2.24) is 4.90 Å². The summed E-state index contributed by atoms with van der Waals surface area (Å²) < 4.78 is 15.7.